The number of anilines is 1. The lowest BCUT2D eigenvalue weighted by molar-refractivity contribution is -0.138. The lowest BCUT2D eigenvalue weighted by Gasteiger charge is -2.22. The molecule has 1 N–H and O–H groups in total. The largest absolute Gasteiger partial charge is 0.481 e. The fourth-order valence-electron chi connectivity index (χ4n) is 2.50. The minimum Gasteiger partial charge on any atom is -0.481 e. The molecule has 1 heterocycles. The summed E-state index contributed by atoms with van der Waals surface area (Å²) in [6.45, 7) is -0.0147. The number of amides is 1. The van der Waals surface area contributed by atoms with Crippen molar-refractivity contribution in [3.8, 4) is 0 Å². The molecule has 1 amide bonds. The number of carbonyl (C=O) groups is 2. The van der Waals surface area contributed by atoms with Gasteiger partial charge in [0.2, 0.25) is 5.91 Å². The number of nitrogens with zero attached hydrogens (tertiary/aromatic N) is 2. The summed E-state index contributed by atoms with van der Waals surface area (Å²) in [5, 5.41) is 9.61. The molecule has 140 valence electrons. The van der Waals surface area contributed by atoms with E-state index in [9.17, 15) is 18.4 Å². The Balaban J connectivity index is 1.94. The maximum Gasteiger partial charge on any atom is 0.303 e. The first kappa shape index (κ1) is 19.2. The molecule has 5 nitrogen and oxygen atoms in total. The molecular formula is C18H13ClF2N2O3S. The van der Waals surface area contributed by atoms with Gasteiger partial charge in [-0.1, -0.05) is 17.7 Å². The summed E-state index contributed by atoms with van der Waals surface area (Å²) in [4.78, 5) is 28.9. The van der Waals surface area contributed by atoms with Crippen LogP contribution < -0.4 is 4.90 Å². The van der Waals surface area contributed by atoms with Crippen LogP contribution in [0.15, 0.2) is 36.4 Å². The van der Waals surface area contributed by atoms with Crippen molar-refractivity contribution in [3.05, 3.63) is 58.1 Å². The Hall–Kier alpha value is -2.58. The van der Waals surface area contributed by atoms with Crippen LogP contribution in [0.5, 0.6) is 0 Å². The van der Waals surface area contributed by atoms with Crippen molar-refractivity contribution in [1.29, 1.82) is 0 Å². The molecule has 0 aliphatic rings. The van der Waals surface area contributed by atoms with Crippen LogP contribution in [0.4, 0.5) is 14.5 Å². The van der Waals surface area contributed by atoms with Crippen LogP contribution in [0.2, 0.25) is 5.02 Å². The van der Waals surface area contributed by atoms with Gasteiger partial charge in [0.1, 0.15) is 5.01 Å². The topological polar surface area (TPSA) is 70.5 Å². The lowest BCUT2D eigenvalue weighted by atomic mass is 10.2. The van der Waals surface area contributed by atoms with Crippen LogP contribution in [-0.2, 0) is 16.1 Å². The molecular weight excluding hydrogens is 398 g/mol. The van der Waals surface area contributed by atoms with Crippen LogP contribution in [0.3, 0.4) is 0 Å². The van der Waals surface area contributed by atoms with Gasteiger partial charge in [-0.05, 0) is 30.3 Å². The number of aromatic nitrogens is 1. The zero-order valence-corrected chi connectivity index (χ0v) is 15.4. The van der Waals surface area contributed by atoms with Crippen molar-refractivity contribution in [3.63, 3.8) is 0 Å². The van der Waals surface area contributed by atoms with Crippen LogP contribution in [-0.4, -0.2) is 22.0 Å². The number of carbonyl (C=O) groups excluding carboxylic acids is 1. The summed E-state index contributed by atoms with van der Waals surface area (Å²) in [6.07, 6.45) is -0.536. The lowest BCUT2D eigenvalue weighted by Crippen LogP contribution is -2.30. The van der Waals surface area contributed by atoms with Crippen molar-refractivity contribution in [2.24, 2.45) is 0 Å². The number of rotatable bonds is 6. The first-order valence-electron chi connectivity index (χ1n) is 7.86. The van der Waals surface area contributed by atoms with E-state index < -0.39 is 23.5 Å². The average molecular weight is 411 g/mol. The average Bonchev–Trinajstić information content (AvgIpc) is 3.04. The van der Waals surface area contributed by atoms with Crippen molar-refractivity contribution in [2.75, 3.05) is 4.90 Å². The molecule has 0 atom stereocenters. The first-order chi connectivity index (χ1) is 12.8. The molecule has 27 heavy (non-hydrogen) atoms. The summed E-state index contributed by atoms with van der Waals surface area (Å²) < 4.78 is 27.4. The predicted octanol–water partition coefficient (Wildman–Crippen LogP) is 4.63. The van der Waals surface area contributed by atoms with E-state index in [4.69, 9.17) is 16.7 Å². The third-order valence-electron chi connectivity index (χ3n) is 3.76. The number of hydrogen-bond donors (Lipinski definition) is 1. The summed E-state index contributed by atoms with van der Waals surface area (Å²) in [6, 6.07) is 8.87. The van der Waals surface area contributed by atoms with Crippen molar-refractivity contribution in [2.45, 2.75) is 19.4 Å². The molecule has 2 aromatic carbocycles. The Bertz CT molecular complexity index is 1030. The Morgan fingerprint density at radius 3 is 2.67 bits per heavy atom. The first-order valence-corrected chi connectivity index (χ1v) is 9.05. The van der Waals surface area contributed by atoms with E-state index in [-0.39, 0.29) is 29.6 Å². The fraction of sp³-hybridized carbons (Fsp3) is 0.167. The van der Waals surface area contributed by atoms with Gasteiger partial charge in [-0.25, -0.2) is 13.8 Å². The van der Waals surface area contributed by atoms with Gasteiger partial charge in [0.05, 0.1) is 23.2 Å². The van der Waals surface area contributed by atoms with Gasteiger partial charge in [-0.3, -0.25) is 9.59 Å². The fourth-order valence-corrected chi connectivity index (χ4v) is 3.66. The van der Waals surface area contributed by atoms with Crippen LogP contribution in [0.1, 0.15) is 17.8 Å². The molecule has 0 bridgehead atoms. The number of fused-ring (bicyclic) bond motifs is 1. The minimum absolute atomic E-state index is 0.0147. The van der Waals surface area contributed by atoms with Gasteiger partial charge >= 0.3 is 5.97 Å². The molecule has 1 aromatic heterocycles. The van der Waals surface area contributed by atoms with E-state index in [1.165, 1.54) is 11.0 Å². The van der Waals surface area contributed by atoms with Crippen molar-refractivity contribution >= 4 is 50.7 Å². The molecule has 0 spiro atoms. The highest BCUT2D eigenvalue weighted by Crippen LogP contribution is 2.29. The molecule has 3 aromatic rings. The molecule has 0 saturated heterocycles. The van der Waals surface area contributed by atoms with E-state index in [1.54, 1.807) is 24.3 Å². The number of halogens is 3. The predicted molar refractivity (Wildman–Crippen MR) is 99.0 cm³/mol. The monoisotopic (exact) mass is 410 g/mol. The molecule has 0 unspecified atom stereocenters. The zero-order valence-electron chi connectivity index (χ0n) is 13.8. The highest BCUT2D eigenvalue weighted by Gasteiger charge is 2.20. The second-order valence-corrected chi connectivity index (χ2v) is 7.19. The van der Waals surface area contributed by atoms with Gasteiger partial charge in [0.25, 0.3) is 0 Å². The van der Waals surface area contributed by atoms with Crippen molar-refractivity contribution in [1.82, 2.24) is 4.98 Å². The highest BCUT2D eigenvalue weighted by atomic mass is 35.5. The second-order valence-electron chi connectivity index (χ2n) is 5.67. The smallest absolute Gasteiger partial charge is 0.303 e. The van der Waals surface area contributed by atoms with Crippen LogP contribution in [0.25, 0.3) is 10.2 Å². The van der Waals surface area contributed by atoms with E-state index in [2.05, 4.69) is 4.98 Å². The van der Waals surface area contributed by atoms with Gasteiger partial charge in [-0.2, -0.15) is 0 Å². The summed E-state index contributed by atoms with van der Waals surface area (Å²) in [7, 11) is 0. The zero-order chi connectivity index (χ0) is 19.6. The van der Waals surface area contributed by atoms with Gasteiger partial charge in [-0.15, -0.1) is 11.3 Å². The Morgan fingerprint density at radius 2 is 1.96 bits per heavy atom. The molecule has 0 saturated carbocycles. The third-order valence-corrected chi connectivity index (χ3v) is 5.04. The number of thiazole rings is 1. The molecule has 0 aliphatic carbocycles. The molecule has 0 aliphatic heterocycles. The highest BCUT2D eigenvalue weighted by molar-refractivity contribution is 7.18. The molecule has 3 rings (SSSR count). The summed E-state index contributed by atoms with van der Waals surface area (Å²) >= 11 is 6.93. The standard InChI is InChI=1S/C18H13ClF2N2O3S/c19-10-2-1-3-11(8-10)23(15(24)6-7-16(25)26)9-14-22-13-5-4-12(20)17(21)18(13)27-14/h1-5,8H,6-7,9H2,(H,25,26). The number of benzene rings is 2. The van der Waals surface area contributed by atoms with Gasteiger partial charge < -0.3 is 10.0 Å². The maximum absolute atomic E-state index is 13.9. The van der Waals surface area contributed by atoms with Crippen molar-refractivity contribution < 1.29 is 23.5 Å². The van der Waals surface area contributed by atoms with E-state index in [0.717, 1.165) is 17.4 Å². The Labute approximate surface area is 161 Å². The molecule has 0 fully saturated rings. The SMILES string of the molecule is O=C(O)CCC(=O)N(Cc1nc2ccc(F)c(F)c2s1)c1cccc(Cl)c1. The molecule has 0 radical (unpaired) electrons. The third kappa shape index (κ3) is 4.40. The summed E-state index contributed by atoms with van der Waals surface area (Å²) in [5.41, 5.74) is 0.752. The number of hydrogen-bond acceptors (Lipinski definition) is 4. The van der Waals surface area contributed by atoms with Gasteiger partial charge in [0, 0.05) is 17.1 Å². The van der Waals surface area contributed by atoms with E-state index >= 15 is 0 Å². The number of carboxylic acids is 1. The Kier molecular flexibility index (Phi) is 5.67. The normalized spacial score (nSPS) is 10.9. The quantitative estimate of drug-likeness (QED) is 0.643. The maximum atomic E-state index is 13.9. The Morgan fingerprint density at radius 1 is 1.19 bits per heavy atom. The molecule has 9 heteroatoms. The van der Waals surface area contributed by atoms with E-state index in [0.29, 0.717) is 15.7 Å². The van der Waals surface area contributed by atoms with Gasteiger partial charge in [0.15, 0.2) is 11.6 Å². The van der Waals surface area contributed by atoms with Crippen LogP contribution in [0, 0.1) is 11.6 Å². The summed E-state index contributed by atoms with van der Waals surface area (Å²) in [5.74, 6) is -3.48. The van der Waals surface area contributed by atoms with Crippen LogP contribution >= 0.6 is 22.9 Å². The second kappa shape index (κ2) is 7.98. The number of aliphatic carboxylic acids is 1. The number of carboxylic acid groups (broad SMARTS) is 1. The minimum atomic E-state index is -1.09. The van der Waals surface area contributed by atoms with E-state index in [1.807, 2.05) is 0 Å².